The Kier molecular flexibility index (Phi) is 3.34. The summed E-state index contributed by atoms with van der Waals surface area (Å²) < 4.78 is 57.6. The molecular formula is C12H11F3O3S. The van der Waals surface area contributed by atoms with Crippen LogP contribution in [-0.2, 0) is 11.1 Å². The van der Waals surface area contributed by atoms with Crippen molar-refractivity contribution in [3.63, 3.8) is 0 Å². The van der Waals surface area contributed by atoms with Gasteiger partial charge >= 0.3 is 16.6 Å². The van der Waals surface area contributed by atoms with Crippen LogP contribution in [0, 0.1) is 0 Å². The number of benzene rings is 1. The summed E-state index contributed by atoms with van der Waals surface area (Å²) in [6.45, 7) is 3.63. The summed E-state index contributed by atoms with van der Waals surface area (Å²) >= 11 is -3.39. The molecule has 1 unspecified atom stereocenters. The number of alkyl halides is 3. The van der Waals surface area contributed by atoms with Crippen LogP contribution < -0.4 is 8.92 Å². The minimum Gasteiger partial charge on any atom is -0.483 e. The van der Waals surface area contributed by atoms with E-state index in [1.54, 1.807) is 18.2 Å². The molecule has 0 spiro atoms. The van der Waals surface area contributed by atoms with Crippen molar-refractivity contribution < 1.29 is 26.3 Å². The van der Waals surface area contributed by atoms with Gasteiger partial charge in [-0.2, -0.15) is 13.2 Å². The molecule has 0 bridgehead atoms. The third kappa shape index (κ3) is 3.09. The van der Waals surface area contributed by atoms with Gasteiger partial charge in [-0.3, -0.25) is 0 Å². The van der Waals surface area contributed by atoms with Gasteiger partial charge in [0.1, 0.15) is 11.4 Å². The average Bonchev–Trinajstić information content (AvgIpc) is 2.26. The molecule has 0 aromatic heterocycles. The molecule has 0 saturated carbocycles. The van der Waals surface area contributed by atoms with Gasteiger partial charge in [-0.05, 0) is 38.1 Å². The second kappa shape index (κ2) is 4.56. The Labute approximate surface area is 110 Å². The second-order valence-electron chi connectivity index (χ2n) is 4.47. The van der Waals surface area contributed by atoms with E-state index in [4.69, 9.17) is 4.74 Å². The summed E-state index contributed by atoms with van der Waals surface area (Å²) in [6.07, 6.45) is 3.29. The third-order valence-corrected chi connectivity index (χ3v) is 3.11. The van der Waals surface area contributed by atoms with Gasteiger partial charge in [-0.1, -0.05) is 6.07 Å². The smallest absolute Gasteiger partial charge is 0.483 e. The van der Waals surface area contributed by atoms with Crippen molar-refractivity contribution in [1.82, 2.24) is 0 Å². The van der Waals surface area contributed by atoms with E-state index in [2.05, 4.69) is 4.18 Å². The lowest BCUT2D eigenvalue weighted by atomic mass is 10.0. The minimum atomic E-state index is -4.92. The molecule has 0 saturated heterocycles. The maximum absolute atomic E-state index is 12.2. The number of ether oxygens (including phenoxy) is 1. The molecule has 0 amide bonds. The molecule has 1 aliphatic heterocycles. The number of hydrogen-bond donors (Lipinski definition) is 0. The average molecular weight is 292 g/mol. The van der Waals surface area contributed by atoms with Gasteiger partial charge in [0.15, 0.2) is 5.75 Å². The van der Waals surface area contributed by atoms with Crippen molar-refractivity contribution in [1.29, 1.82) is 0 Å². The van der Waals surface area contributed by atoms with Crippen LogP contribution in [0.15, 0.2) is 24.3 Å². The van der Waals surface area contributed by atoms with Gasteiger partial charge in [-0.15, -0.1) is 0 Å². The van der Waals surface area contributed by atoms with Crippen molar-refractivity contribution in [2.45, 2.75) is 25.0 Å². The Balaban J connectivity index is 2.33. The predicted molar refractivity (Wildman–Crippen MR) is 65.0 cm³/mol. The SMILES string of the molecule is CC1(C)C=Cc2c(OS(=O)C(F)(F)F)cccc2O1. The van der Waals surface area contributed by atoms with Crippen LogP contribution in [0.4, 0.5) is 13.2 Å². The first-order valence-corrected chi connectivity index (χ1v) is 6.45. The Bertz CT molecular complexity index is 550. The van der Waals surface area contributed by atoms with E-state index in [0.29, 0.717) is 11.3 Å². The number of rotatable bonds is 2. The molecule has 0 fully saturated rings. The second-order valence-corrected chi connectivity index (χ2v) is 5.57. The highest BCUT2D eigenvalue weighted by atomic mass is 32.2. The Morgan fingerprint density at radius 3 is 2.63 bits per heavy atom. The zero-order chi connectivity index (χ0) is 14.3. The standard InChI is InChI=1S/C12H11F3O3S/c1-11(2)7-6-8-9(17-11)4-3-5-10(8)18-19(16)12(13,14)15/h3-7H,1-2H3. The van der Waals surface area contributed by atoms with Crippen molar-refractivity contribution in [3.05, 3.63) is 29.8 Å². The fourth-order valence-electron chi connectivity index (χ4n) is 1.58. The molecular weight excluding hydrogens is 281 g/mol. The van der Waals surface area contributed by atoms with Gasteiger partial charge in [0, 0.05) is 0 Å². The highest BCUT2D eigenvalue weighted by Gasteiger charge is 2.40. The molecule has 104 valence electrons. The van der Waals surface area contributed by atoms with Crippen LogP contribution in [0.25, 0.3) is 6.08 Å². The van der Waals surface area contributed by atoms with E-state index < -0.39 is 22.2 Å². The van der Waals surface area contributed by atoms with Crippen LogP contribution in [-0.4, -0.2) is 15.3 Å². The van der Waals surface area contributed by atoms with E-state index >= 15 is 0 Å². The van der Waals surface area contributed by atoms with Crippen LogP contribution in [0.3, 0.4) is 0 Å². The van der Waals surface area contributed by atoms with Crippen molar-refractivity contribution in [3.8, 4) is 11.5 Å². The zero-order valence-electron chi connectivity index (χ0n) is 10.2. The first kappa shape index (κ1) is 13.9. The van der Waals surface area contributed by atoms with Gasteiger partial charge in [-0.25, -0.2) is 4.21 Å². The summed E-state index contributed by atoms with van der Waals surface area (Å²) in [5, 5.41) is 0. The highest BCUT2D eigenvalue weighted by molar-refractivity contribution is 7.81. The van der Waals surface area contributed by atoms with Gasteiger partial charge in [0.25, 0.3) is 0 Å². The van der Waals surface area contributed by atoms with Crippen LogP contribution >= 0.6 is 0 Å². The maximum atomic E-state index is 12.2. The van der Waals surface area contributed by atoms with Crippen molar-refractivity contribution in [2.75, 3.05) is 0 Å². The lowest BCUT2D eigenvalue weighted by molar-refractivity contribution is -0.0437. The molecule has 1 heterocycles. The first-order chi connectivity index (χ1) is 8.69. The lowest BCUT2D eigenvalue weighted by Gasteiger charge is -2.28. The fraction of sp³-hybridized carbons (Fsp3) is 0.333. The number of hydrogen-bond acceptors (Lipinski definition) is 3. The van der Waals surface area contributed by atoms with E-state index in [1.807, 2.05) is 13.8 Å². The molecule has 3 nitrogen and oxygen atoms in total. The number of fused-ring (bicyclic) bond motifs is 1. The molecule has 7 heteroatoms. The fourth-order valence-corrected chi connectivity index (χ4v) is 1.98. The Morgan fingerprint density at radius 2 is 2.00 bits per heavy atom. The van der Waals surface area contributed by atoms with Gasteiger partial charge < -0.3 is 8.92 Å². The lowest BCUT2D eigenvalue weighted by Crippen LogP contribution is -2.28. The Hall–Kier alpha value is -1.50. The summed E-state index contributed by atoms with van der Waals surface area (Å²) in [5.41, 5.74) is -5.12. The monoisotopic (exact) mass is 292 g/mol. The molecule has 0 radical (unpaired) electrons. The van der Waals surface area contributed by atoms with Crippen LogP contribution in [0.5, 0.6) is 11.5 Å². The third-order valence-electron chi connectivity index (χ3n) is 2.40. The topological polar surface area (TPSA) is 35.5 Å². The molecule has 19 heavy (non-hydrogen) atoms. The van der Waals surface area contributed by atoms with E-state index in [9.17, 15) is 17.4 Å². The van der Waals surface area contributed by atoms with Crippen molar-refractivity contribution >= 4 is 17.2 Å². The van der Waals surface area contributed by atoms with Crippen LogP contribution in [0.1, 0.15) is 19.4 Å². The van der Waals surface area contributed by atoms with E-state index in [-0.39, 0.29) is 5.75 Å². The predicted octanol–water partition coefficient (Wildman–Crippen LogP) is 3.43. The molecule has 2 rings (SSSR count). The minimum absolute atomic E-state index is 0.125. The van der Waals surface area contributed by atoms with E-state index in [0.717, 1.165) is 0 Å². The largest absolute Gasteiger partial charge is 0.508 e. The molecule has 1 aromatic carbocycles. The Morgan fingerprint density at radius 1 is 1.32 bits per heavy atom. The molecule has 1 atom stereocenters. The van der Waals surface area contributed by atoms with E-state index in [1.165, 1.54) is 12.1 Å². The van der Waals surface area contributed by atoms with Crippen LogP contribution in [0.2, 0.25) is 0 Å². The molecule has 1 aliphatic rings. The quantitative estimate of drug-likeness (QED) is 0.837. The van der Waals surface area contributed by atoms with Crippen molar-refractivity contribution in [2.24, 2.45) is 0 Å². The summed E-state index contributed by atoms with van der Waals surface area (Å²) in [4.78, 5) is 0. The highest BCUT2D eigenvalue weighted by Crippen LogP contribution is 2.37. The first-order valence-electron chi connectivity index (χ1n) is 5.37. The van der Waals surface area contributed by atoms with Gasteiger partial charge in [0.2, 0.25) is 0 Å². The molecule has 0 N–H and O–H groups in total. The molecule has 0 aliphatic carbocycles. The normalized spacial score (nSPS) is 18.4. The maximum Gasteiger partial charge on any atom is 0.508 e. The summed E-state index contributed by atoms with van der Waals surface area (Å²) in [7, 11) is 0. The summed E-state index contributed by atoms with van der Waals surface area (Å²) in [5.74, 6) is 0.268. The number of halogens is 3. The molecule has 1 aromatic rings. The zero-order valence-corrected chi connectivity index (χ0v) is 11.0. The van der Waals surface area contributed by atoms with Gasteiger partial charge in [0.05, 0.1) is 5.56 Å². The summed E-state index contributed by atoms with van der Waals surface area (Å²) in [6, 6.07) is 4.41.